The number of rotatable bonds is 6. The van der Waals surface area contributed by atoms with Gasteiger partial charge in [-0.05, 0) is 30.9 Å². The third kappa shape index (κ3) is 3.73. The van der Waals surface area contributed by atoms with Gasteiger partial charge in [-0.2, -0.15) is 4.31 Å². The van der Waals surface area contributed by atoms with Gasteiger partial charge >= 0.3 is 0 Å². The van der Waals surface area contributed by atoms with Crippen molar-refractivity contribution in [3.05, 3.63) is 102 Å². The molecule has 0 amide bonds. The summed E-state index contributed by atoms with van der Waals surface area (Å²) < 4.78 is 28.1. The predicted octanol–water partition coefficient (Wildman–Crippen LogP) is 4.24. The SMILES string of the molecule is Cc1ccc(S(=O)(=O)N2C[C@@H]3[C@H](C2)[C@@H](C(=O)c2ccccc2)[C@H]3C(=O)c2ccccc2)cc1. The quantitative estimate of drug-likeness (QED) is 0.517. The van der Waals surface area contributed by atoms with Crippen LogP contribution in [0.15, 0.2) is 89.8 Å². The van der Waals surface area contributed by atoms with Crippen LogP contribution < -0.4 is 0 Å². The number of carbonyl (C=O) groups is 2. The Morgan fingerprint density at radius 3 is 1.55 bits per heavy atom. The standard InChI is InChI=1S/C27H25NO4S/c1-18-12-14-21(15-13-18)33(31,32)28-16-22-23(17-28)25(27(30)20-10-6-3-7-11-20)24(22)26(29)19-8-4-2-5-9-19/h2-15,22-25H,16-17H2,1H3/t22-,23+,24+,25-. The van der Waals surface area contributed by atoms with Gasteiger partial charge in [0, 0.05) is 36.1 Å². The maximum Gasteiger partial charge on any atom is 0.243 e. The van der Waals surface area contributed by atoms with E-state index < -0.39 is 21.9 Å². The minimum atomic E-state index is -3.70. The molecule has 1 saturated carbocycles. The molecule has 33 heavy (non-hydrogen) atoms. The monoisotopic (exact) mass is 459 g/mol. The van der Waals surface area contributed by atoms with Crippen LogP contribution in [0.2, 0.25) is 0 Å². The fraction of sp³-hybridized carbons (Fsp3) is 0.259. The molecule has 0 radical (unpaired) electrons. The van der Waals surface area contributed by atoms with Gasteiger partial charge in [0.1, 0.15) is 0 Å². The summed E-state index contributed by atoms with van der Waals surface area (Å²) >= 11 is 0. The van der Waals surface area contributed by atoms with Crippen molar-refractivity contribution in [3.63, 3.8) is 0 Å². The minimum Gasteiger partial charge on any atom is -0.294 e. The first kappa shape index (κ1) is 21.7. The number of hydrogen-bond acceptors (Lipinski definition) is 4. The first-order chi connectivity index (χ1) is 15.9. The van der Waals surface area contributed by atoms with Crippen molar-refractivity contribution in [2.24, 2.45) is 23.7 Å². The molecular formula is C27H25NO4S. The molecule has 6 heteroatoms. The van der Waals surface area contributed by atoms with Crippen molar-refractivity contribution in [3.8, 4) is 0 Å². The van der Waals surface area contributed by atoms with E-state index in [4.69, 9.17) is 0 Å². The maximum absolute atomic E-state index is 13.5. The van der Waals surface area contributed by atoms with E-state index in [1.54, 1.807) is 72.8 Å². The van der Waals surface area contributed by atoms with Gasteiger partial charge in [-0.25, -0.2) is 8.42 Å². The van der Waals surface area contributed by atoms with E-state index in [1.165, 1.54) is 4.31 Å². The highest BCUT2D eigenvalue weighted by molar-refractivity contribution is 7.89. The van der Waals surface area contributed by atoms with Gasteiger partial charge < -0.3 is 0 Å². The Labute approximate surface area is 194 Å². The van der Waals surface area contributed by atoms with Crippen LogP contribution >= 0.6 is 0 Å². The van der Waals surface area contributed by atoms with Crippen LogP contribution in [0.5, 0.6) is 0 Å². The molecule has 5 nitrogen and oxygen atoms in total. The first-order valence-electron chi connectivity index (χ1n) is 11.1. The van der Waals surface area contributed by atoms with Crippen LogP contribution in [0.4, 0.5) is 0 Å². The zero-order valence-electron chi connectivity index (χ0n) is 18.3. The van der Waals surface area contributed by atoms with Crippen molar-refractivity contribution < 1.29 is 18.0 Å². The van der Waals surface area contributed by atoms with Gasteiger partial charge in [0.15, 0.2) is 11.6 Å². The molecule has 168 valence electrons. The highest BCUT2D eigenvalue weighted by atomic mass is 32.2. The topological polar surface area (TPSA) is 71.5 Å². The molecule has 5 rings (SSSR count). The van der Waals surface area contributed by atoms with E-state index in [1.807, 2.05) is 19.1 Å². The zero-order chi connectivity index (χ0) is 23.2. The molecule has 3 aromatic rings. The van der Waals surface area contributed by atoms with Crippen LogP contribution in [0.1, 0.15) is 26.3 Å². The molecule has 0 spiro atoms. The number of carbonyl (C=O) groups excluding carboxylic acids is 2. The molecule has 3 aromatic carbocycles. The van der Waals surface area contributed by atoms with Crippen molar-refractivity contribution in [1.29, 1.82) is 0 Å². The molecule has 0 aromatic heterocycles. The second-order valence-electron chi connectivity index (χ2n) is 8.97. The number of ketones is 2. The highest BCUT2D eigenvalue weighted by Gasteiger charge is 2.61. The molecular weight excluding hydrogens is 434 g/mol. The van der Waals surface area contributed by atoms with E-state index in [9.17, 15) is 18.0 Å². The summed E-state index contributed by atoms with van der Waals surface area (Å²) in [6.07, 6.45) is 0. The summed E-state index contributed by atoms with van der Waals surface area (Å²) in [5.41, 5.74) is 2.11. The number of sulfonamides is 1. The summed E-state index contributed by atoms with van der Waals surface area (Å²) in [4.78, 5) is 27.2. The van der Waals surface area contributed by atoms with Gasteiger partial charge in [0.2, 0.25) is 10.0 Å². The third-order valence-corrected chi connectivity index (χ3v) is 8.92. The lowest BCUT2D eigenvalue weighted by atomic mass is 9.54. The second kappa shape index (κ2) is 8.36. The number of hydrogen-bond donors (Lipinski definition) is 0. The summed E-state index contributed by atoms with van der Waals surface area (Å²) in [7, 11) is -3.70. The van der Waals surface area contributed by atoms with E-state index in [2.05, 4.69) is 0 Å². The number of aryl methyl sites for hydroxylation is 1. The highest BCUT2D eigenvalue weighted by Crippen LogP contribution is 2.53. The van der Waals surface area contributed by atoms with Crippen LogP contribution in [0.3, 0.4) is 0 Å². The Bertz CT molecular complexity index is 1220. The molecule has 2 aliphatic rings. The lowest BCUT2D eigenvalue weighted by molar-refractivity contribution is 0.0202. The summed E-state index contributed by atoms with van der Waals surface area (Å²) in [6.45, 7) is 2.41. The Hall–Kier alpha value is -3.09. The Morgan fingerprint density at radius 2 is 1.12 bits per heavy atom. The van der Waals surface area contributed by atoms with Crippen molar-refractivity contribution in [2.75, 3.05) is 13.1 Å². The number of benzene rings is 3. The Balaban J connectivity index is 1.48. The number of fused-ring (bicyclic) bond motifs is 1. The van der Waals surface area contributed by atoms with Crippen LogP contribution in [-0.4, -0.2) is 37.4 Å². The van der Waals surface area contributed by atoms with E-state index in [0.717, 1.165) is 5.56 Å². The molecule has 1 heterocycles. The molecule has 0 bridgehead atoms. The van der Waals surface area contributed by atoms with E-state index in [0.29, 0.717) is 11.1 Å². The first-order valence-corrected chi connectivity index (χ1v) is 12.6. The van der Waals surface area contributed by atoms with Gasteiger partial charge in [-0.3, -0.25) is 9.59 Å². The van der Waals surface area contributed by atoms with Gasteiger partial charge in [0.25, 0.3) is 0 Å². The molecule has 0 unspecified atom stereocenters. The minimum absolute atomic E-state index is 0.0827. The largest absolute Gasteiger partial charge is 0.294 e. The van der Waals surface area contributed by atoms with E-state index >= 15 is 0 Å². The smallest absolute Gasteiger partial charge is 0.243 e. The molecule has 0 N–H and O–H groups in total. The molecule has 1 aliphatic carbocycles. The predicted molar refractivity (Wildman–Crippen MR) is 125 cm³/mol. The summed E-state index contributed by atoms with van der Waals surface area (Å²) in [5, 5.41) is 0. The third-order valence-electron chi connectivity index (χ3n) is 7.07. The number of Topliss-reactive ketones (excluding diaryl/α,β-unsaturated/α-hetero) is 2. The van der Waals surface area contributed by atoms with Crippen LogP contribution in [0, 0.1) is 30.6 Å². The Kier molecular flexibility index (Phi) is 5.51. The van der Waals surface area contributed by atoms with Crippen LogP contribution in [-0.2, 0) is 10.0 Å². The van der Waals surface area contributed by atoms with Gasteiger partial charge in [0.05, 0.1) is 4.90 Å². The van der Waals surface area contributed by atoms with Gasteiger partial charge in [-0.15, -0.1) is 0 Å². The van der Waals surface area contributed by atoms with Crippen molar-refractivity contribution >= 4 is 21.6 Å². The summed E-state index contributed by atoms with van der Waals surface area (Å²) in [5.74, 6) is -1.56. The molecule has 1 saturated heterocycles. The molecule has 2 fully saturated rings. The van der Waals surface area contributed by atoms with Crippen molar-refractivity contribution in [2.45, 2.75) is 11.8 Å². The fourth-order valence-corrected chi connectivity index (χ4v) is 6.84. The fourth-order valence-electron chi connectivity index (χ4n) is 5.32. The Morgan fingerprint density at radius 1 is 0.697 bits per heavy atom. The lowest BCUT2D eigenvalue weighted by Crippen LogP contribution is -2.53. The zero-order valence-corrected chi connectivity index (χ0v) is 19.1. The second-order valence-corrected chi connectivity index (χ2v) is 10.9. The number of nitrogens with zero attached hydrogens (tertiary/aromatic N) is 1. The van der Waals surface area contributed by atoms with Gasteiger partial charge in [-0.1, -0.05) is 78.4 Å². The van der Waals surface area contributed by atoms with Crippen LogP contribution in [0.25, 0.3) is 0 Å². The maximum atomic E-state index is 13.5. The average Bonchev–Trinajstić information content (AvgIpc) is 3.20. The summed E-state index contributed by atoms with van der Waals surface area (Å²) in [6, 6.07) is 24.7. The van der Waals surface area contributed by atoms with E-state index in [-0.39, 0.29) is 41.4 Å². The lowest BCUT2D eigenvalue weighted by Gasteiger charge is -2.46. The normalized spacial score (nSPS) is 24.6. The molecule has 4 atom stereocenters. The van der Waals surface area contributed by atoms with Crippen molar-refractivity contribution in [1.82, 2.24) is 4.31 Å². The molecule has 1 aliphatic heterocycles. The average molecular weight is 460 g/mol.